The second-order valence-electron chi connectivity index (χ2n) is 7.09. The highest BCUT2D eigenvalue weighted by Crippen LogP contribution is 2.29. The minimum absolute atomic E-state index is 0.139. The smallest absolute Gasteiger partial charge is 0.303 e. The van der Waals surface area contributed by atoms with Gasteiger partial charge in [0.05, 0.1) is 4.92 Å². The van der Waals surface area contributed by atoms with Gasteiger partial charge in [-0.2, -0.15) is 0 Å². The zero-order valence-corrected chi connectivity index (χ0v) is 18.3. The first-order valence-corrected chi connectivity index (χ1v) is 9.79. The zero-order chi connectivity index (χ0) is 24.7. The molecular weight excluding hydrogens is 444 g/mol. The van der Waals surface area contributed by atoms with Gasteiger partial charge in [-0.1, -0.05) is 0 Å². The van der Waals surface area contributed by atoms with Crippen molar-refractivity contribution in [1.82, 2.24) is 5.32 Å². The van der Waals surface area contributed by atoms with Gasteiger partial charge in [0.2, 0.25) is 12.2 Å². The van der Waals surface area contributed by atoms with Gasteiger partial charge in [-0.05, 0) is 12.1 Å². The first-order valence-electron chi connectivity index (χ1n) is 9.79. The third-order valence-corrected chi connectivity index (χ3v) is 4.37. The van der Waals surface area contributed by atoms with Crippen molar-refractivity contribution >= 4 is 29.5 Å². The average molecular weight is 468 g/mol. The molecule has 0 aromatic heterocycles. The Morgan fingerprint density at radius 3 is 2.03 bits per heavy atom. The maximum Gasteiger partial charge on any atom is 0.303 e. The number of carbonyl (C=O) groups excluding carboxylic acids is 4. The summed E-state index contributed by atoms with van der Waals surface area (Å²) >= 11 is 0. The topological polar surface area (TPSA) is 170 Å². The van der Waals surface area contributed by atoms with Crippen LogP contribution in [-0.2, 0) is 38.1 Å². The van der Waals surface area contributed by atoms with Gasteiger partial charge in [0, 0.05) is 39.8 Å². The van der Waals surface area contributed by atoms with Gasteiger partial charge in [-0.3, -0.25) is 29.3 Å². The van der Waals surface area contributed by atoms with Crippen molar-refractivity contribution in [3.05, 3.63) is 34.4 Å². The van der Waals surface area contributed by atoms with Crippen molar-refractivity contribution in [3.8, 4) is 5.75 Å². The fourth-order valence-electron chi connectivity index (χ4n) is 3.17. The lowest BCUT2D eigenvalue weighted by atomic mass is 9.96. The number of benzene rings is 1. The summed E-state index contributed by atoms with van der Waals surface area (Å²) in [6.07, 6.45) is -4.96. The maximum atomic E-state index is 11.9. The van der Waals surface area contributed by atoms with E-state index in [9.17, 15) is 29.3 Å². The molecule has 180 valence electrons. The Labute approximate surface area is 188 Å². The van der Waals surface area contributed by atoms with Crippen molar-refractivity contribution in [2.24, 2.45) is 0 Å². The summed E-state index contributed by atoms with van der Waals surface area (Å²) in [5, 5.41) is 13.4. The van der Waals surface area contributed by atoms with E-state index in [1.54, 1.807) is 0 Å². The number of hydrogen-bond donors (Lipinski definition) is 1. The zero-order valence-electron chi connectivity index (χ0n) is 18.3. The SMILES string of the molecule is CC(=O)N[C@@H]1[C@H](Oc2ccc([N+](=O)[O-])cc2)O[C@@H](COC(C)=O)[C@@H](OC(C)=O)[C@H]1OC(C)=O. The molecule has 0 aliphatic carbocycles. The van der Waals surface area contributed by atoms with Crippen LogP contribution in [0.4, 0.5) is 5.69 Å². The molecule has 0 radical (unpaired) electrons. The third kappa shape index (κ3) is 7.42. The number of nitrogens with one attached hydrogen (secondary N) is 1. The lowest BCUT2D eigenvalue weighted by molar-refractivity contribution is -0.384. The fraction of sp³-hybridized carbons (Fsp3) is 0.500. The summed E-state index contributed by atoms with van der Waals surface area (Å²) in [5.41, 5.74) is -0.175. The summed E-state index contributed by atoms with van der Waals surface area (Å²) in [5.74, 6) is -2.50. The van der Waals surface area contributed by atoms with Crippen molar-refractivity contribution in [2.45, 2.75) is 58.3 Å². The van der Waals surface area contributed by atoms with E-state index in [1.165, 1.54) is 31.2 Å². The monoisotopic (exact) mass is 468 g/mol. The Morgan fingerprint density at radius 2 is 1.55 bits per heavy atom. The molecule has 0 unspecified atom stereocenters. The minimum Gasteiger partial charge on any atom is -0.463 e. The van der Waals surface area contributed by atoms with Gasteiger partial charge < -0.3 is 29.0 Å². The molecule has 1 saturated heterocycles. The first kappa shape index (κ1) is 25.5. The molecule has 1 aromatic carbocycles. The number of esters is 3. The molecule has 5 atom stereocenters. The number of nitrogens with zero attached hydrogens (tertiary/aromatic N) is 1. The molecule has 0 saturated carbocycles. The molecule has 2 rings (SSSR count). The summed E-state index contributed by atoms with van der Waals surface area (Å²) in [4.78, 5) is 57.0. The van der Waals surface area contributed by atoms with Crippen LogP contribution in [0.15, 0.2) is 24.3 Å². The van der Waals surface area contributed by atoms with Crippen molar-refractivity contribution in [1.29, 1.82) is 0 Å². The molecule has 1 aliphatic heterocycles. The minimum atomic E-state index is -1.31. The van der Waals surface area contributed by atoms with Crippen LogP contribution in [0.5, 0.6) is 5.75 Å². The molecule has 1 aromatic rings. The largest absolute Gasteiger partial charge is 0.463 e. The molecule has 13 heteroatoms. The maximum absolute atomic E-state index is 11.9. The highest BCUT2D eigenvalue weighted by molar-refractivity contribution is 5.73. The van der Waals surface area contributed by atoms with Gasteiger partial charge in [0.1, 0.15) is 24.5 Å². The van der Waals surface area contributed by atoms with E-state index >= 15 is 0 Å². The molecule has 13 nitrogen and oxygen atoms in total. The molecule has 0 bridgehead atoms. The van der Waals surface area contributed by atoms with Crippen molar-refractivity contribution in [2.75, 3.05) is 6.61 Å². The first-order chi connectivity index (χ1) is 15.5. The third-order valence-electron chi connectivity index (χ3n) is 4.37. The van der Waals surface area contributed by atoms with E-state index in [1.807, 2.05) is 0 Å². The average Bonchev–Trinajstić information content (AvgIpc) is 2.70. The lowest BCUT2D eigenvalue weighted by Crippen LogP contribution is -2.67. The van der Waals surface area contributed by atoms with Crippen LogP contribution in [0.3, 0.4) is 0 Å². The summed E-state index contributed by atoms with van der Waals surface area (Å²) < 4.78 is 27.2. The van der Waals surface area contributed by atoms with Gasteiger partial charge in [-0.15, -0.1) is 0 Å². The number of nitro groups is 1. The summed E-state index contributed by atoms with van der Waals surface area (Å²) in [6, 6.07) is 3.87. The Balaban J connectivity index is 2.43. The number of amides is 1. The van der Waals surface area contributed by atoms with Crippen LogP contribution >= 0.6 is 0 Å². The van der Waals surface area contributed by atoms with E-state index in [0.717, 1.165) is 20.8 Å². The second kappa shape index (κ2) is 11.2. The number of nitro benzene ring substituents is 1. The van der Waals surface area contributed by atoms with Gasteiger partial charge >= 0.3 is 17.9 Å². The number of hydrogen-bond acceptors (Lipinski definition) is 11. The standard InChI is InChI=1S/C20H24N2O11/c1-10(23)21-17-19(31-13(4)26)18(30-12(3)25)16(9-29-11(2)24)33-20(17)32-15-7-5-14(6-8-15)22(27)28/h5-8,16-20H,9H2,1-4H3,(H,21,23)/t16-,17-,18+,19-,20+/m0/s1. The van der Waals surface area contributed by atoms with Crippen LogP contribution in [0.2, 0.25) is 0 Å². The van der Waals surface area contributed by atoms with Crippen molar-refractivity contribution in [3.63, 3.8) is 0 Å². The number of ether oxygens (including phenoxy) is 5. The van der Waals surface area contributed by atoms with Crippen LogP contribution in [-0.4, -0.2) is 66.0 Å². The molecular formula is C20H24N2O11. The van der Waals surface area contributed by atoms with Crippen molar-refractivity contribution < 1.29 is 47.8 Å². The van der Waals surface area contributed by atoms with Gasteiger partial charge in [0.15, 0.2) is 12.2 Å². The molecule has 1 fully saturated rings. The predicted octanol–water partition coefficient (Wildman–Crippen LogP) is 0.630. The quantitative estimate of drug-likeness (QED) is 0.246. The summed E-state index contributed by atoms with van der Waals surface area (Å²) in [6.45, 7) is 4.24. The van der Waals surface area contributed by atoms with Gasteiger partial charge in [-0.25, -0.2) is 0 Å². The van der Waals surface area contributed by atoms with Gasteiger partial charge in [0.25, 0.3) is 5.69 Å². The lowest BCUT2D eigenvalue weighted by Gasteiger charge is -2.44. The van der Waals surface area contributed by atoms with E-state index in [0.29, 0.717) is 0 Å². The van der Waals surface area contributed by atoms with E-state index in [2.05, 4.69) is 5.32 Å². The van der Waals surface area contributed by atoms with E-state index in [4.69, 9.17) is 23.7 Å². The van der Waals surface area contributed by atoms with Crippen LogP contribution in [0.25, 0.3) is 0 Å². The van der Waals surface area contributed by atoms with Crippen LogP contribution in [0, 0.1) is 10.1 Å². The molecule has 0 spiro atoms. The molecule has 1 aliphatic rings. The Hall–Kier alpha value is -3.74. The predicted molar refractivity (Wildman–Crippen MR) is 108 cm³/mol. The Morgan fingerprint density at radius 1 is 0.970 bits per heavy atom. The van der Waals surface area contributed by atoms with E-state index in [-0.39, 0.29) is 18.0 Å². The number of rotatable bonds is 8. The summed E-state index contributed by atoms with van der Waals surface area (Å²) in [7, 11) is 0. The normalized spacial score (nSPS) is 24.2. The number of carbonyl (C=O) groups is 4. The molecule has 1 N–H and O–H groups in total. The molecule has 1 heterocycles. The number of non-ortho nitro benzene ring substituents is 1. The highest BCUT2D eigenvalue weighted by Gasteiger charge is 2.51. The second-order valence-corrected chi connectivity index (χ2v) is 7.09. The Kier molecular flexibility index (Phi) is 8.68. The van der Waals surface area contributed by atoms with Crippen LogP contribution in [0.1, 0.15) is 27.7 Å². The van der Waals surface area contributed by atoms with E-state index < -0.39 is 59.4 Å². The molecule has 1 amide bonds. The Bertz CT molecular complexity index is 902. The highest BCUT2D eigenvalue weighted by atomic mass is 16.7. The molecule has 33 heavy (non-hydrogen) atoms. The fourth-order valence-corrected chi connectivity index (χ4v) is 3.17. The van der Waals surface area contributed by atoms with Crippen LogP contribution < -0.4 is 10.1 Å².